The van der Waals surface area contributed by atoms with Gasteiger partial charge in [0, 0.05) is 36.3 Å². The van der Waals surface area contributed by atoms with E-state index in [9.17, 15) is 19.5 Å². The third-order valence-electron chi connectivity index (χ3n) is 9.09. The van der Waals surface area contributed by atoms with Crippen molar-refractivity contribution in [2.45, 2.75) is 38.8 Å². The molecule has 264 valence electrons. The topological polar surface area (TPSA) is 126 Å². The van der Waals surface area contributed by atoms with Crippen LogP contribution in [0, 0.1) is 0 Å². The van der Waals surface area contributed by atoms with Crippen molar-refractivity contribution in [1.82, 2.24) is 10.2 Å². The van der Waals surface area contributed by atoms with E-state index >= 15 is 0 Å². The van der Waals surface area contributed by atoms with Gasteiger partial charge < -0.3 is 29.5 Å². The van der Waals surface area contributed by atoms with E-state index in [2.05, 4.69) is 41.8 Å². The number of allylic oxidation sites excluding steroid dienone is 1. The normalized spacial score (nSPS) is 16.1. The first-order valence-corrected chi connectivity index (χ1v) is 17.4. The zero-order chi connectivity index (χ0) is 35.6. The second-order valence-electron chi connectivity index (χ2n) is 12.4. The molecule has 1 unspecified atom stereocenters. The van der Waals surface area contributed by atoms with Crippen LogP contribution in [0.5, 0.6) is 11.5 Å². The molecule has 1 saturated heterocycles. The molecule has 0 aliphatic carbocycles. The van der Waals surface area contributed by atoms with E-state index in [-0.39, 0.29) is 24.0 Å². The van der Waals surface area contributed by atoms with Gasteiger partial charge >= 0.3 is 0 Å². The average molecular weight is 690 g/mol. The largest absolute Gasteiger partial charge is 0.508 e. The number of carbonyl (C=O) groups excluding carboxylic acids is 3. The zero-order valence-electron chi connectivity index (χ0n) is 28.7. The minimum absolute atomic E-state index is 0.196. The van der Waals surface area contributed by atoms with E-state index < -0.39 is 11.9 Å². The minimum atomic E-state index is -0.642. The standard InChI is InChI=1S/C41H43N3O7/c1-2-33(28-7-4-3-5-8-28)39(29-11-15-31(45)16-12-29)30-13-17-32(18-14-30)51-26-25-50-24-23-49-22-21-42-36-10-6-9-34-35(36)27-44(41(34)48)37-19-20-38(46)43-40(37)47/h3-18,37,42,45H,2,19-27H2,1H3,(H,43,46,47). The second kappa shape index (κ2) is 17.0. The zero-order valence-corrected chi connectivity index (χ0v) is 28.7. The van der Waals surface area contributed by atoms with Crippen molar-refractivity contribution in [2.75, 3.05) is 44.9 Å². The van der Waals surface area contributed by atoms with Crippen molar-refractivity contribution >= 4 is 34.6 Å². The third-order valence-corrected chi connectivity index (χ3v) is 9.09. The molecule has 51 heavy (non-hydrogen) atoms. The number of nitrogens with zero attached hydrogens (tertiary/aromatic N) is 1. The van der Waals surface area contributed by atoms with Crippen molar-refractivity contribution in [1.29, 1.82) is 0 Å². The van der Waals surface area contributed by atoms with Crippen LogP contribution in [-0.2, 0) is 25.6 Å². The molecule has 0 aromatic heterocycles. The molecule has 0 spiro atoms. The van der Waals surface area contributed by atoms with Crippen molar-refractivity contribution in [3.05, 3.63) is 125 Å². The van der Waals surface area contributed by atoms with Crippen molar-refractivity contribution in [2.24, 2.45) is 0 Å². The number of aromatic hydroxyl groups is 1. The summed E-state index contributed by atoms with van der Waals surface area (Å²) >= 11 is 0. The van der Waals surface area contributed by atoms with E-state index in [0.29, 0.717) is 58.1 Å². The fourth-order valence-corrected chi connectivity index (χ4v) is 6.58. The molecular formula is C41H43N3O7. The Kier molecular flexibility index (Phi) is 11.8. The molecule has 1 fully saturated rings. The van der Waals surface area contributed by atoms with Crippen molar-refractivity contribution in [3.8, 4) is 11.5 Å². The number of phenolic OH excluding ortho intramolecular Hbond substituents is 1. The van der Waals surface area contributed by atoms with Gasteiger partial charge in [0.25, 0.3) is 5.91 Å². The maximum Gasteiger partial charge on any atom is 0.255 e. The number of anilines is 1. The van der Waals surface area contributed by atoms with E-state index in [1.54, 1.807) is 23.1 Å². The first-order chi connectivity index (χ1) is 24.9. The molecule has 4 aromatic rings. The van der Waals surface area contributed by atoms with Gasteiger partial charge in [0.05, 0.1) is 26.4 Å². The Labute approximate surface area is 298 Å². The summed E-state index contributed by atoms with van der Waals surface area (Å²) in [5.41, 5.74) is 7.85. The van der Waals surface area contributed by atoms with E-state index in [4.69, 9.17) is 14.2 Å². The van der Waals surface area contributed by atoms with Gasteiger partial charge in [0.2, 0.25) is 11.8 Å². The molecule has 10 heteroatoms. The van der Waals surface area contributed by atoms with Crippen LogP contribution in [-0.4, -0.2) is 73.3 Å². The van der Waals surface area contributed by atoms with Gasteiger partial charge in [-0.2, -0.15) is 0 Å². The molecular weight excluding hydrogens is 646 g/mol. The first kappa shape index (κ1) is 35.4. The van der Waals surface area contributed by atoms with Gasteiger partial charge in [-0.3, -0.25) is 19.7 Å². The van der Waals surface area contributed by atoms with E-state index in [1.165, 1.54) is 5.57 Å². The number of amides is 3. The van der Waals surface area contributed by atoms with E-state index in [0.717, 1.165) is 45.7 Å². The number of fused-ring (bicyclic) bond motifs is 1. The maximum absolute atomic E-state index is 13.0. The lowest BCUT2D eigenvalue weighted by Crippen LogP contribution is -2.52. The first-order valence-electron chi connectivity index (χ1n) is 17.4. The molecule has 0 bridgehead atoms. The SMILES string of the molecule is CCC(=C(c1ccc(O)cc1)c1ccc(OCCOCCOCCNc2cccc3c2CN(C2CCC(=O)NC2=O)C3=O)cc1)c1ccccc1. The Morgan fingerprint density at radius 1 is 0.804 bits per heavy atom. The fraction of sp³-hybridized carbons (Fsp3) is 0.293. The molecule has 10 nitrogen and oxygen atoms in total. The quantitative estimate of drug-likeness (QED) is 0.0738. The minimum Gasteiger partial charge on any atom is -0.508 e. The molecule has 1 atom stereocenters. The van der Waals surface area contributed by atoms with Crippen LogP contribution in [0.4, 0.5) is 5.69 Å². The number of carbonyl (C=O) groups is 3. The van der Waals surface area contributed by atoms with Gasteiger partial charge in [0.1, 0.15) is 24.1 Å². The highest BCUT2D eigenvalue weighted by molar-refractivity contribution is 6.06. The number of hydrogen-bond acceptors (Lipinski definition) is 8. The lowest BCUT2D eigenvalue weighted by Gasteiger charge is -2.29. The molecule has 0 saturated carbocycles. The van der Waals surface area contributed by atoms with Crippen molar-refractivity contribution < 1.29 is 33.7 Å². The highest BCUT2D eigenvalue weighted by Crippen LogP contribution is 2.36. The number of phenols is 1. The monoisotopic (exact) mass is 689 g/mol. The van der Waals surface area contributed by atoms with Crippen LogP contribution >= 0.6 is 0 Å². The van der Waals surface area contributed by atoms with Crippen LogP contribution in [0.25, 0.3) is 11.1 Å². The second-order valence-corrected chi connectivity index (χ2v) is 12.4. The summed E-state index contributed by atoms with van der Waals surface area (Å²) in [5, 5.41) is 15.6. The van der Waals surface area contributed by atoms with Crippen LogP contribution in [0.15, 0.2) is 97.1 Å². The van der Waals surface area contributed by atoms with Gasteiger partial charge in [-0.25, -0.2) is 0 Å². The van der Waals surface area contributed by atoms with Crippen LogP contribution in [0.3, 0.4) is 0 Å². The van der Waals surface area contributed by atoms with Crippen molar-refractivity contribution in [3.63, 3.8) is 0 Å². The van der Waals surface area contributed by atoms with Crippen LogP contribution in [0.1, 0.15) is 58.8 Å². The summed E-state index contributed by atoms with van der Waals surface area (Å²) in [6.45, 7) is 5.14. The van der Waals surface area contributed by atoms with Gasteiger partial charge in [0.15, 0.2) is 0 Å². The Morgan fingerprint density at radius 3 is 2.20 bits per heavy atom. The summed E-state index contributed by atoms with van der Waals surface area (Å²) in [6, 6.07) is 30.6. The molecule has 2 aliphatic heterocycles. The summed E-state index contributed by atoms with van der Waals surface area (Å²) in [5.74, 6) is 0.0696. The number of ether oxygens (including phenoxy) is 3. The highest BCUT2D eigenvalue weighted by atomic mass is 16.5. The molecule has 2 aliphatic rings. The summed E-state index contributed by atoms with van der Waals surface area (Å²) in [7, 11) is 0. The van der Waals surface area contributed by atoms with Crippen LogP contribution in [0.2, 0.25) is 0 Å². The molecule has 0 radical (unpaired) electrons. The summed E-state index contributed by atoms with van der Waals surface area (Å²) in [6.07, 6.45) is 1.40. The summed E-state index contributed by atoms with van der Waals surface area (Å²) < 4.78 is 17.4. The number of nitrogens with one attached hydrogen (secondary N) is 2. The smallest absolute Gasteiger partial charge is 0.255 e. The molecule has 6 rings (SSSR count). The summed E-state index contributed by atoms with van der Waals surface area (Å²) in [4.78, 5) is 38.5. The number of benzene rings is 4. The van der Waals surface area contributed by atoms with E-state index in [1.807, 2.05) is 54.6 Å². The number of hydrogen-bond donors (Lipinski definition) is 3. The highest BCUT2D eigenvalue weighted by Gasteiger charge is 2.39. The van der Waals surface area contributed by atoms with Gasteiger partial charge in [-0.05, 0) is 77.1 Å². The molecule has 3 amide bonds. The Hall–Kier alpha value is -5.45. The van der Waals surface area contributed by atoms with Gasteiger partial charge in [-0.1, -0.05) is 67.6 Å². The maximum atomic E-state index is 13.0. The van der Waals surface area contributed by atoms with Gasteiger partial charge in [-0.15, -0.1) is 0 Å². The average Bonchev–Trinajstić information content (AvgIpc) is 3.48. The fourth-order valence-electron chi connectivity index (χ4n) is 6.58. The Morgan fingerprint density at radius 2 is 1.49 bits per heavy atom. The predicted molar refractivity (Wildman–Crippen MR) is 195 cm³/mol. The predicted octanol–water partition coefficient (Wildman–Crippen LogP) is 6.05. The third kappa shape index (κ3) is 8.65. The Balaban J connectivity index is 0.917. The molecule has 3 N–H and O–H groups in total. The lowest BCUT2D eigenvalue weighted by atomic mass is 9.88. The number of imide groups is 1. The Bertz CT molecular complexity index is 1860. The van der Waals surface area contributed by atoms with Crippen LogP contribution < -0.4 is 15.4 Å². The lowest BCUT2D eigenvalue weighted by molar-refractivity contribution is -0.136. The number of piperidine rings is 1. The molecule has 4 aromatic carbocycles. The molecule has 2 heterocycles. The number of rotatable bonds is 16.